The topological polar surface area (TPSA) is 51.2 Å². The van der Waals surface area contributed by atoms with E-state index in [1.807, 2.05) is 6.07 Å². The molecular formula is C17H27NO4. The number of benzene rings is 1. The van der Waals surface area contributed by atoms with E-state index in [9.17, 15) is 5.11 Å². The van der Waals surface area contributed by atoms with Crippen molar-refractivity contribution in [3.63, 3.8) is 0 Å². The molecular weight excluding hydrogens is 282 g/mol. The minimum atomic E-state index is -0.552. The van der Waals surface area contributed by atoms with Crippen molar-refractivity contribution in [2.45, 2.75) is 25.5 Å². The maximum atomic E-state index is 10.8. The van der Waals surface area contributed by atoms with E-state index in [2.05, 4.69) is 24.0 Å². The number of methoxy groups -OCH3 is 2. The molecule has 1 aromatic carbocycles. The van der Waals surface area contributed by atoms with Crippen molar-refractivity contribution in [3.05, 3.63) is 29.3 Å². The number of fused-ring (bicyclic) bond motifs is 1. The summed E-state index contributed by atoms with van der Waals surface area (Å²) in [7, 11) is 3.37. The summed E-state index contributed by atoms with van der Waals surface area (Å²) in [5.74, 6) is 0.791. The Morgan fingerprint density at radius 3 is 2.50 bits per heavy atom. The van der Waals surface area contributed by atoms with Crippen molar-refractivity contribution >= 4 is 0 Å². The van der Waals surface area contributed by atoms with E-state index < -0.39 is 6.10 Å². The van der Waals surface area contributed by atoms with Crippen LogP contribution >= 0.6 is 0 Å². The van der Waals surface area contributed by atoms with Gasteiger partial charge >= 0.3 is 0 Å². The number of rotatable bonds is 8. The second-order valence-electron chi connectivity index (χ2n) is 5.57. The quantitative estimate of drug-likeness (QED) is 0.791. The van der Waals surface area contributed by atoms with Crippen LogP contribution in [-0.2, 0) is 15.9 Å². The molecule has 1 aliphatic heterocycles. The second kappa shape index (κ2) is 8.48. The van der Waals surface area contributed by atoms with Gasteiger partial charge in [-0.25, -0.2) is 0 Å². The van der Waals surface area contributed by atoms with E-state index in [0.29, 0.717) is 19.8 Å². The number of ether oxygens (including phenoxy) is 3. The Kier molecular flexibility index (Phi) is 6.64. The predicted molar refractivity (Wildman–Crippen MR) is 85.4 cm³/mol. The zero-order chi connectivity index (χ0) is 15.9. The third-order valence-electron chi connectivity index (χ3n) is 4.21. The van der Waals surface area contributed by atoms with Gasteiger partial charge in [-0.3, -0.25) is 4.90 Å². The molecule has 0 bridgehead atoms. The van der Waals surface area contributed by atoms with Gasteiger partial charge in [-0.15, -0.1) is 0 Å². The Morgan fingerprint density at radius 1 is 1.23 bits per heavy atom. The first-order valence-electron chi connectivity index (χ1n) is 7.86. The highest BCUT2D eigenvalue weighted by Crippen LogP contribution is 2.35. The van der Waals surface area contributed by atoms with E-state index in [1.165, 1.54) is 5.56 Å². The van der Waals surface area contributed by atoms with Gasteiger partial charge in [0.2, 0.25) is 0 Å². The molecule has 22 heavy (non-hydrogen) atoms. The summed E-state index contributed by atoms with van der Waals surface area (Å²) in [6.45, 7) is 5.32. The molecule has 1 aromatic rings. The van der Waals surface area contributed by atoms with Crippen molar-refractivity contribution in [1.82, 2.24) is 4.90 Å². The predicted octanol–water partition coefficient (Wildman–Crippen LogP) is 1.64. The van der Waals surface area contributed by atoms with Crippen molar-refractivity contribution in [2.24, 2.45) is 0 Å². The van der Waals surface area contributed by atoms with Crippen LogP contribution in [0, 0.1) is 0 Å². The van der Waals surface area contributed by atoms with E-state index in [0.717, 1.165) is 30.8 Å². The number of aryl methyl sites for hydroxylation is 1. The molecule has 0 saturated carbocycles. The van der Waals surface area contributed by atoms with Crippen LogP contribution < -0.4 is 4.74 Å². The van der Waals surface area contributed by atoms with Crippen LogP contribution in [0.4, 0.5) is 0 Å². The molecule has 1 aliphatic rings. The smallest absolute Gasteiger partial charge is 0.125 e. The number of nitrogens with zero attached hydrogens (tertiary/aromatic N) is 1. The van der Waals surface area contributed by atoms with Gasteiger partial charge in [0.05, 0.1) is 19.3 Å². The maximum absolute atomic E-state index is 10.8. The van der Waals surface area contributed by atoms with Crippen molar-refractivity contribution < 1.29 is 19.3 Å². The SMILES string of the molecule is CCc1ccc2c(c1)C(O)C(N(CCOC)CCOC)CO2. The maximum Gasteiger partial charge on any atom is 0.125 e. The third kappa shape index (κ3) is 3.98. The zero-order valence-corrected chi connectivity index (χ0v) is 13.7. The number of hydrogen-bond donors (Lipinski definition) is 1. The van der Waals surface area contributed by atoms with Gasteiger partial charge in [-0.1, -0.05) is 13.0 Å². The molecule has 1 heterocycles. The Balaban J connectivity index is 2.16. The highest BCUT2D eigenvalue weighted by atomic mass is 16.5. The van der Waals surface area contributed by atoms with E-state index >= 15 is 0 Å². The lowest BCUT2D eigenvalue weighted by molar-refractivity contribution is -0.0146. The molecule has 5 heteroatoms. The Hall–Kier alpha value is -1.14. The van der Waals surface area contributed by atoms with Crippen LogP contribution in [0.2, 0.25) is 0 Å². The molecule has 0 aromatic heterocycles. The molecule has 0 saturated heterocycles. The zero-order valence-electron chi connectivity index (χ0n) is 13.7. The van der Waals surface area contributed by atoms with E-state index in [4.69, 9.17) is 14.2 Å². The van der Waals surface area contributed by atoms with Gasteiger partial charge in [-0.05, 0) is 24.1 Å². The Bertz CT molecular complexity index is 458. The largest absolute Gasteiger partial charge is 0.491 e. The standard InChI is InChI=1S/C17H27NO4/c1-4-13-5-6-16-14(11-13)17(19)15(12-22-16)18(7-9-20-2)8-10-21-3/h5-6,11,15,17,19H,4,7-10,12H2,1-3H3. The first-order chi connectivity index (χ1) is 10.7. The van der Waals surface area contributed by atoms with Crippen LogP contribution in [0.5, 0.6) is 5.75 Å². The van der Waals surface area contributed by atoms with Gasteiger partial charge < -0.3 is 19.3 Å². The molecule has 2 rings (SSSR count). The summed E-state index contributed by atoms with van der Waals surface area (Å²) in [4.78, 5) is 2.18. The molecule has 0 spiro atoms. The average molecular weight is 309 g/mol. The monoisotopic (exact) mass is 309 g/mol. The van der Waals surface area contributed by atoms with Crippen LogP contribution in [0.15, 0.2) is 18.2 Å². The summed E-state index contributed by atoms with van der Waals surface area (Å²) in [6, 6.07) is 5.99. The summed E-state index contributed by atoms with van der Waals surface area (Å²) < 4.78 is 16.2. The molecule has 124 valence electrons. The summed E-state index contributed by atoms with van der Waals surface area (Å²) >= 11 is 0. The fourth-order valence-electron chi connectivity index (χ4n) is 2.82. The van der Waals surface area contributed by atoms with Gasteiger partial charge in [0.15, 0.2) is 0 Å². The molecule has 5 nitrogen and oxygen atoms in total. The first kappa shape index (κ1) is 17.2. The summed E-state index contributed by atoms with van der Waals surface area (Å²) in [5, 5.41) is 10.8. The minimum Gasteiger partial charge on any atom is -0.491 e. The average Bonchev–Trinajstić information content (AvgIpc) is 2.56. The van der Waals surface area contributed by atoms with Gasteiger partial charge in [0.1, 0.15) is 18.5 Å². The lowest BCUT2D eigenvalue weighted by atomic mass is 9.95. The van der Waals surface area contributed by atoms with Gasteiger partial charge in [0, 0.05) is 32.9 Å². The van der Waals surface area contributed by atoms with Crippen LogP contribution in [0.25, 0.3) is 0 Å². The number of hydrogen-bond acceptors (Lipinski definition) is 5. The third-order valence-corrected chi connectivity index (χ3v) is 4.21. The fourth-order valence-corrected chi connectivity index (χ4v) is 2.82. The molecule has 2 atom stereocenters. The van der Waals surface area contributed by atoms with Gasteiger partial charge in [-0.2, -0.15) is 0 Å². The number of aliphatic hydroxyl groups excluding tert-OH is 1. The van der Waals surface area contributed by atoms with Crippen molar-refractivity contribution in [1.29, 1.82) is 0 Å². The fraction of sp³-hybridized carbons (Fsp3) is 0.647. The van der Waals surface area contributed by atoms with Crippen LogP contribution in [-0.4, -0.2) is 63.2 Å². The van der Waals surface area contributed by atoms with Crippen molar-refractivity contribution in [2.75, 3.05) is 47.1 Å². The van der Waals surface area contributed by atoms with Crippen LogP contribution in [0.1, 0.15) is 24.2 Å². The minimum absolute atomic E-state index is 0.0788. The van der Waals surface area contributed by atoms with Gasteiger partial charge in [0.25, 0.3) is 0 Å². The highest BCUT2D eigenvalue weighted by molar-refractivity contribution is 5.41. The number of aliphatic hydroxyl groups is 1. The lowest BCUT2D eigenvalue weighted by Gasteiger charge is -2.38. The van der Waals surface area contributed by atoms with E-state index in [1.54, 1.807) is 14.2 Å². The first-order valence-corrected chi connectivity index (χ1v) is 7.86. The Morgan fingerprint density at radius 2 is 1.91 bits per heavy atom. The summed E-state index contributed by atoms with van der Waals surface area (Å²) in [5.41, 5.74) is 2.10. The molecule has 2 unspecified atom stereocenters. The molecule has 0 aliphatic carbocycles. The highest BCUT2D eigenvalue weighted by Gasteiger charge is 2.33. The molecule has 0 amide bonds. The molecule has 0 radical (unpaired) electrons. The second-order valence-corrected chi connectivity index (χ2v) is 5.57. The molecule has 0 fully saturated rings. The molecule has 1 N–H and O–H groups in total. The van der Waals surface area contributed by atoms with Crippen molar-refractivity contribution in [3.8, 4) is 5.75 Å². The van der Waals surface area contributed by atoms with E-state index in [-0.39, 0.29) is 6.04 Å². The normalized spacial score (nSPS) is 20.8. The summed E-state index contributed by atoms with van der Waals surface area (Å²) in [6.07, 6.45) is 0.394. The van der Waals surface area contributed by atoms with Crippen LogP contribution in [0.3, 0.4) is 0 Å². The lowest BCUT2D eigenvalue weighted by Crippen LogP contribution is -2.48. The Labute approximate surface area is 132 Å².